The monoisotopic (exact) mass is 264 g/mol. The Labute approximate surface area is 126 Å². The van der Waals surface area contributed by atoms with Gasteiger partial charge >= 0.3 is 29.6 Å². The summed E-state index contributed by atoms with van der Waals surface area (Å²) in [4.78, 5) is -0.0359. The minimum absolute atomic E-state index is 0. The average molecular weight is 264 g/mol. The van der Waals surface area contributed by atoms with Crippen LogP contribution < -0.4 is 29.6 Å². The van der Waals surface area contributed by atoms with Gasteiger partial charge in [0.2, 0.25) is 0 Å². The molecule has 0 saturated carbocycles. The van der Waals surface area contributed by atoms with Gasteiger partial charge in [-0.25, -0.2) is 8.42 Å². The summed E-state index contributed by atoms with van der Waals surface area (Å²) in [5.41, 5.74) is 2.55. The maximum absolute atomic E-state index is 11.2. The molecule has 0 heterocycles. The summed E-state index contributed by atoms with van der Waals surface area (Å²) >= 11 is 0. The van der Waals surface area contributed by atoms with Crippen molar-refractivity contribution in [2.24, 2.45) is 0 Å². The molecule has 0 aliphatic rings. The van der Waals surface area contributed by atoms with E-state index in [1.165, 1.54) is 6.07 Å². The van der Waals surface area contributed by atoms with Crippen LogP contribution >= 0.6 is 0 Å². The van der Waals surface area contributed by atoms with Crippen molar-refractivity contribution in [2.75, 3.05) is 0 Å². The quantitative estimate of drug-likeness (QED) is 0.533. The first-order valence-corrected chi connectivity index (χ1v) is 6.95. The van der Waals surface area contributed by atoms with Crippen molar-refractivity contribution in [1.82, 2.24) is 0 Å². The Balaban J connectivity index is 0.00000256. The molecule has 0 aliphatic carbocycles. The van der Waals surface area contributed by atoms with Crippen molar-refractivity contribution in [2.45, 2.75) is 44.9 Å². The summed E-state index contributed by atoms with van der Waals surface area (Å²) in [5, 5.41) is 0. The molecule has 0 aromatic heterocycles. The van der Waals surface area contributed by atoms with E-state index < -0.39 is 10.1 Å². The van der Waals surface area contributed by atoms with Crippen LogP contribution in [0.3, 0.4) is 0 Å². The first-order chi connectivity index (χ1) is 7.43. The number of hydrogen-bond donors (Lipinski definition) is 0. The van der Waals surface area contributed by atoms with Crippen LogP contribution in [0.25, 0.3) is 0 Å². The normalized spacial score (nSPS) is 11.1. The Kier molecular flexibility index (Phi) is 6.95. The zero-order chi connectivity index (χ0) is 12.3. The SMILES string of the molecule is CCc1cc(CC)c(CC)c(S(=O)(=O)[O-])c1.[Na+]. The van der Waals surface area contributed by atoms with Crippen LogP contribution in [0.5, 0.6) is 0 Å². The van der Waals surface area contributed by atoms with Crippen molar-refractivity contribution in [3.05, 3.63) is 28.8 Å². The fraction of sp³-hybridized carbons (Fsp3) is 0.500. The van der Waals surface area contributed by atoms with E-state index in [-0.39, 0.29) is 34.5 Å². The molecule has 0 N–H and O–H groups in total. The van der Waals surface area contributed by atoms with Crippen LogP contribution in [-0.2, 0) is 29.4 Å². The molecule has 0 spiro atoms. The van der Waals surface area contributed by atoms with Crippen LogP contribution in [-0.4, -0.2) is 13.0 Å². The fourth-order valence-electron chi connectivity index (χ4n) is 1.91. The summed E-state index contributed by atoms with van der Waals surface area (Å²) < 4.78 is 33.6. The molecule has 0 aliphatic heterocycles. The second kappa shape index (κ2) is 6.90. The van der Waals surface area contributed by atoms with Gasteiger partial charge in [0.15, 0.2) is 0 Å². The van der Waals surface area contributed by atoms with Gasteiger partial charge in [0.05, 0.1) is 4.90 Å². The van der Waals surface area contributed by atoms with Gasteiger partial charge in [0, 0.05) is 0 Å². The molecule has 0 radical (unpaired) electrons. The van der Waals surface area contributed by atoms with Gasteiger partial charge in [-0.3, -0.25) is 0 Å². The molecular weight excluding hydrogens is 247 g/mol. The van der Waals surface area contributed by atoms with E-state index >= 15 is 0 Å². The predicted octanol–water partition coefficient (Wildman–Crippen LogP) is -0.718. The summed E-state index contributed by atoms with van der Waals surface area (Å²) in [7, 11) is -4.36. The van der Waals surface area contributed by atoms with E-state index in [1.807, 2.05) is 26.8 Å². The number of aryl methyl sites for hydroxylation is 2. The smallest absolute Gasteiger partial charge is 0.744 e. The molecule has 0 fully saturated rings. The standard InChI is InChI=1S/C12H18O3S.Na/c1-4-9-7-10(5-2)11(6-3)12(8-9)16(13,14)15;/h7-8H,4-6H2,1-3H3,(H,13,14,15);/q;+1/p-1. The zero-order valence-corrected chi connectivity index (χ0v) is 13.7. The van der Waals surface area contributed by atoms with Gasteiger partial charge in [0.1, 0.15) is 10.1 Å². The molecular formula is C12H17NaO3S. The van der Waals surface area contributed by atoms with Crippen molar-refractivity contribution >= 4 is 10.1 Å². The summed E-state index contributed by atoms with van der Waals surface area (Å²) in [6.45, 7) is 5.78. The van der Waals surface area contributed by atoms with Gasteiger partial charge in [-0.2, -0.15) is 0 Å². The van der Waals surface area contributed by atoms with Crippen LogP contribution in [0, 0.1) is 0 Å². The Morgan fingerprint density at radius 3 is 2.00 bits per heavy atom. The molecule has 3 nitrogen and oxygen atoms in total. The zero-order valence-electron chi connectivity index (χ0n) is 10.9. The van der Waals surface area contributed by atoms with E-state index in [2.05, 4.69) is 0 Å². The van der Waals surface area contributed by atoms with Crippen LogP contribution in [0.1, 0.15) is 37.5 Å². The number of benzene rings is 1. The van der Waals surface area contributed by atoms with E-state index in [0.29, 0.717) is 12.0 Å². The van der Waals surface area contributed by atoms with Crippen LogP contribution in [0.15, 0.2) is 17.0 Å². The minimum atomic E-state index is -4.36. The molecule has 0 unspecified atom stereocenters. The number of hydrogen-bond acceptors (Lipinski definition) is 3. The Hall–Kier alpha value is 0.130. The van der Waals surface area contributed by atoms with Gasteiger partial charge in [0.25, 0.3) is 0 Å². The molecule has 1 aromatic carbocycles. The molecule has 0 bridgehead atoms. The van der Waals surface area contributed by atoms with Gasteiger partial charge < -0.3 is 4.55 Å². The summed E-state index contributed by atoms with van der Waals surface area (Å²) in [5.74, 6) is 0. The second-order valence-corrected chi connectivity index (χ2v) is 5.09. The van der Waals surface area contributed by atoms with E-state index in [1.54, 1.807) is 0 Å². The summed E-state index contributed by atoms with van der Waals surface area (Å²) in [6.07, 6.45) is 2.06. The van der Waals surface area contributed by atoms with Crippen LogP contribution in [0.4, 0.5) is 0 Å². The van der Waals surface area contributed by atoms with Crippen LogP contribution in [0.2, 0.25) is 0 Å². The van der Waals surface area contributed by atoms with Gasteiger partial charge in [-0.05, 0) is 42.0 Å². The Morgan fingerprint density at radius 1 is 1.06 bits per heavy atom. The average Bonchev–Trinajstić information content (AvgIpc) is 2.25. The Bertz CT molecular complexity index is 481. The molecule has 5 heteroatoms. The predicted molar refractivity (Wildman–Crippen MR) is 62.5 cm³/mol. The fourth-order valence-corrected chi connectivity index (χ4v) is 2.78. The first kappa shape index (κ1) is 17.1. The Morgan fingerprint density at radius 2 is 1.65 bits per heavy atom. The minimum Gasteiger partial charge on any atom is -0.744 e. The second-order valence-electron chi connectivity index (χ2n) is 3.75. The van der Waals surface area contributed by atoms with Gasteiger partial charge in [-0.15, -0.1) is 0 Å². The molecule has 0 saturated heterocycles. The van der Waals surface area contributed by atoms with Crippen molar-refractivity contribution < 1.29 is 42.5 Å². The largest absolute Gasteiger partial charge is 1.00 e. The van der Waals surface area contributed by atoms with E-state index in [4.69, 9.17) is 0 Å². The van der Waals surface area contributed by atoms with Crippen molar-refractivity contribution in [3.63, 3.8) is 0 Å². The van der Waals surface area contributed by atoms with E-state index in [0.717, 1.165) is 24.0 Å². The third kappa shape index (κ3) is 4.07. The molecule has 90 valence electrons. The topological polar surface area (TPSA) is 57.2 Å². The van der Waals surface area contributed by atoms with E-state index in [9.17, 15) is 13.0 Å². The summed E-state index contributed by atoms with van der Waals surface area (Å²) in [6, 6.07) is 3.51. The molecule has 17 heavy (non-hydrogen) atoms. The molecule has 0 amide bonds. The van der Waals surface area contributed by atoms with Crippen molar-refractivity contribution in [1.29, 1.82) is 0 Å². The molecule has 1 aromatic rings. The maximum atomic E-state index is 11.2. The van der Waals surface area contributed by atoms with Gasteiger partial charge in [-0.1, -0.05) is 26.8 Å². The molecule has 1 rings (SSSR count). The number of rotatable bonds is 4. The first-order valence-electron chi connectivity index (χ1n) is 5.54. The van der Waals surface area contributed by atoms with Crippen molar-refractivity contribution in [3.8, 4) is 0 Å². The third-order valence-electron chi connectivity index (χ3n) is 2.77. The maximum Gasteiger partial charge on any atom is 1.00 e. The third-order valence-corrected chi connectivity index (χ3v) is 3.68. The molecule has 0 atom stereocenters.